The second-order valence-electron chi connectivity index (χ2n) is 7.20. The molecule has 2 aromatic rings. The highest BCUT2D eigenvalue weighted by molar-refractivity contribution is 5.79. The van der Waals surface area contributed by atoms with Gasteiger partial charge in [0.05, 0.1) is 6.54 Å². The number of amides is 1. The maximum Gasteiger partial charge on any atom is 0.255 e. The van der Waals surface area contributed by atoms with Crippen LogP contribution in [-0.4, -0.2) is 31.6 Å². The lowest BCUT2D eigenvalue weighted by atomic mass is 9.85. The summed E-state index contributed by atoms with van der Waals surface area (Å²) in [7, 11) is 0. The van der Waals surface area contributed by atoms with E-state index in [2.05, 4.69) is 53.7 Å². The lowest BCUT2D eigenvalue weighted by Crippen LogP contribution is -2.43. The van der Waals surface area contributed by atoms with Crippen LogP contribution in [0.15, 0.2) is 59.6 Å². The summed E-state index contributed by atoms with van der Waals surface area (Å²) in [6.45, 7) is 8.35. The lowest BCUT2D eigenvalue weighted by Gasteiger charge is -2.26. The van der Waals surface area contributed by atoms with Crippen molar-refractivity contribution in [3.63, 3.8) is 0 Å². The topological polar surface area (TPSA) is 88.7 Å². The molecule has 0 atom stereocenters. The molecule has 0 aliphatic heterocycles. The molecule has 4 N–H and O–H groups in total. The fourth-order valence-electron chi connectivity index (χ4n) is 2.70. The van der Waals surface area contributed by atoms with Crippen molar-refractivity contribution in [2.75, 3.05) is 19.7 Å². The first-order valence-electron chi connectivity index (χ1n) is 9.48. The molecule has 0 bridgehead atoms. The van der Waals surface area contributed by atoms with E-state index in [1.165, 1.54) is 5.56 Å². The van der Waals surface area contributed by atoms with Crippen molar-refractivity contribution in [3.05, 3.63) is 65.7 Å². The molecule has 0 saturated carbocycles. The molecular formula is C22H30N4O2. The van der Waals surface area contributed by atoms with Gasteiger partial charge >= 0.3 is 0 Å². The molecule has 0 spiro atoms. The number of nitrogens with two attached hydrogens (primary N) is 1. The van der Waals surface area contributed by atoms with Gasteiger partial charge in [-0.25, -0.2) is 4.99 Å². The van der Waals surface area contributed by atoms with Crippen LogP contribution < -0.4 is 21.1 Å². The number of hydrogen-bond acceptors (Lipinski definition) is 3. The van der Waals surface area contributed by atoms with Crippen molar-refractivity contribution in [2.45, 2.75) is 32.7 Å². The first kappa shape index (κ1) is 21.3. The third kappa shape index (κ3) is 6.95. The standard InChI is InChI=1S/C22H30N4O2/c1-4-24-21(26-16-22(2,3)18-10-6-5-7-11-18)25-14-17-9-8-12-19(13-17)28-15-20(23)27/h5-13H,4,14-16H2,1-3H3,(H2,23,27)(H2,24,25,26). The Labute approximate surface area is 167 Å². The van der Waals surface area contributed by atoms with Crippen molar-refractivity contribution in [2.24, 2.45) is 10.7 Å². The van der Waals surface area contributed by atoms with E-state index in [1.807, 2.05) is 31.2 Å². The van der Waals surface area contributed by atoms with Crippen molar-refractivity contribution < 1.29 is 9.53 Å². The van der Waals surface area contributed by atoms with E-state index in [0.29, 0.717) is 12.3 Å². The molecule has 0 aromatic heterocycles. The highest BCUT2D eigenvalue weighted by atomic mass is 16.5. The molecular weight excluding hydrogens is 352 g/mol. The van der Waals surface area contributed by atoms with Gasteiger partial charge in [-0.05, 0) is 30.2 Å². The minimum Gasteiger partial charge on any atom is -0.484 e. The summed E-state index contributed by atoms with van der Waals surface area (Å²) in [6, 6.07) is 17.9. The molecule has 0 aliphatic rings. The van der Waals surface area contributed by atoms with Gasteiger partial charge in [0.25, 0.3) is 5.91 Å². The van der Waals surface area contributed by atoms with Crippen LogP contribution in [0.2, 0.25) is 0 Å². The van der Waals surface area contributed by atoms with E-state index in [0.717, 1.165) is 24.6 Å². The Morgan fingerprint density at radius 2 is 1.86 bits per heavy atom. The molecule has 0 saturated heterocycles. The van der Waals surface area contributed by atoms with E-state index in [-0.39, 0.29) is 12.0 Å². The highest BCUT2D eigenvalue weighted by Gasteiger charge is 2.20. The number of aliphatic imine (C=N–C) groups is 1. The van der Waals surface area contributed by atoms with Crippen molar-refractivity contribution in [1.82, 2.24) is 10.6 Å². The molecule has 0 heterocycles. The van der Waals surface area contributed by atoms with Gasteiger partial charge in [-0.2, -0.15) is 0 Å². The van der Waals surface area contributed by atoms with Crippen LogP contribution in [-0.2, 0) is 16.8 Å². The van der Waals surface area contributed by atoms with Gasteiger partial charge in [0, 0.05) is 18.5 Å². The van der Waals surface area contributed by atoms with Crippen LogP contribution in [0.5, 0.6) is 5.75 Å². The molecule has 0 aliphatic carbocycles. The zero-order valence-corrected chi connectivity index (χ0v) is 16.9. The number of benzene rings is 2. The molecule has 28 heavy (non-hydrogen) atoms. The molecule has 150 valence electrons. The maximum absolute atomic E-state index is 10.9. The first-order chi connectivity index (χ1) is 13.4. The number of primary amides is 1. The van der Waals surface area contributed by atoms with Crippen LogP contribution in [0, 0.1) is 0 Å². The molecule has 0 unspecified atom stereocenters. The summed E-state index contributed by atoms with van der Waals surface area (Å²) in [6.07, 6.45) is 0. The predicted molar refractivity (Wildman–Crippen MR) is 113 cm³/mol. The minimum atomic E-state index is -0.497. The summed E-state index contributed by atoms with van der Waals surface area (Å²) >= 11 is 0. The molecule has 0 fully saturated rings. The second kappa shape index (κ2) is 10.3. The summed E-state index contributed by atoms with van der Waals surface area (Å²) in [5.41, 5.74) is 7.35. The van der Waals surface area contributed by atoms with Crippen molar-refractivity contribution in [1.29, 1.82) is 0 Å². The highest BCUT2D eigenvalue weighted by Crippen LogP contribution is 2.21. The molecule has 2 rings (SSSR count). The van der Waals surface area contributed by atoms with Crippen LogP contribution in [0.1, 0.15) is 31.9 Å². The summed E-state index contributed by atoms with van der Waals surface area (Å²) in [5.74, 6) is 0.868. The fourth-order valence-corrected chi connectivity index (χ4v) is 2.70. The number of guanidine groups is 1. The van der Waals surface area contributed by atoms with Gasteiger partial charge in [0.1, 0.15) is 5.75 Å². The summed E-state index contributed by atoms with van der Waals surface area (Å²) in [5, 5.41) is 6.71. The van der Waals surface area contributed by atoms with E-state index >= 15 is 0 Å². The molecule has 0 radical (unpaired) electrons. The van der Waals surface area contributed by atoms with E-state index < -0.39 is 5.91 Å². The monoisotopic (exact) mass is 382 g/mol. The van der Waals surface area contributed by atoms with Crippen LogP contribution in [0.4, 0.5) is 0 Å². The molecule has 1 amide bonds. The van der Waals surface area contributed by atoms with Gasteiger partial charge in [-0.15, -0.1) is 0 Å². The predicted octanol–water partition coefficient (Wildman–Crippen LogP) is 2.58. The summed E-state index contributed by atoms with van der Waals surface area (Å²) in [4.78, 5) is 15.5. The Morgan fingerprint density at radius 3 is 2.54 bits per heavy atom. The van der Waals surface area contributed by atoms with Crippen LogP contribution >= 0.6 is 0 Å². The molecule has 6 nitrogen and oxygen atoms in total. The number of rotatable bonds is 9. The van der Waals surface area contributed by atoms with Crippen LogP contribution in [0.3, 0.4) is 0 Å². The van der Waals surface area contributed by atoms with E-state index in [9.17, 15) is 4.79 Å². The maximum atomic E-state index is 10.9. The van der Waals surface area contributed by atoms with Crippen molar-refractivity contribution in [3.8, 4) is 5.75 Å². The normalized spacial score (nSPS) is 11.8. The average molecular weight is 383 g/mol. The quantitative estimate of drug-likeness (QED) is 0.459. The molecule has 2 aromatic carbocycles. The Balaban J connectivity index is 2.00. The van der Waals surface area contributed by atoms with Gasteiger partial charge in [0.2, 0.25) is 0 Å². The van der Waals surface area contributed by atoms with E-state index in [4.69, 9.17) is 10.5 Å². The smallest absolute Gasteiger partial charge is 0.255 e. The van der Waals surface area contributed by atoms with Crippen LogP contribution in [0.25, 0.3) is 0 Å². The number of carbonyl (C=O) groups is 1. The number of nitrogens with zero attached hydrogens (tertiary/aromatic N) is 1. The van der Waals surface area contributed by atoms with Crippen molar-refractivity contribution >= 4 is 11.9 Å². The van der Waals surface area contributed by atoms with Gasteiger partial charge in [-0.3, -0.25) is 4.79 Å². The van der Waals surface area contributed by atoms with E-state index in [1.54, 1.807) is 6.07 Å². The fraction of sp³-hybridized carbons (Fsp3) is 0.364. The Hall–Kier alpha value is -3.02. The lowest BCUT2D eigenvalue weighted by molar-refractivity contribution is -0.119. The summed E-state index contributed by atoms with van der Waals surface area (Å²) < 4.78 is 5.35. The zero-order valence-electron chi connectivity index (χ0n) is 16.9. The number of hydrogen-bond donors (Lipinski definition) is 3. The van der Waals surface area contributed by atoms with Gasteiger partial charge in [-0.1, -0.05) is 56.3 Å². The third-order valence-electron chi connectivity index (χ3n) is 4.30. The zero-order chi connectivity index (χ0) is 20.4. The van der Waals surface area contributed by atoms with Gasteiger partial charge < -0.3 is 21.1 Å². The average Bonchev–Trinajstić information content (AvgIpc) is 2.69. The Morgan fingerprint density at radius 1 is 1.11 bits per heavy atom. The SMILES string of the molecule is CCNC(=NCc1cccc(OCC(N)=O)c1)NCC(C)(C)c1ccccc1. The first-order valence-corrected chi connectivity index (χ1v) is 9.48. The molecule has 6 heteroatoms. The largest absolute Gasteiger partial charge is 0.484 e. The third-order valence-corrected chi connectivity index (χ3v) is 4.30. The Bertz CT molecular complexity index is 788. The second-order valence-corrected chi connectivity index (χ2v) is 7.20. The minimum absolute atomic E-state index is 0.0278. The Kier molecular flexibility index (Phi) is 7.87. The van der Waals surface area contributed by atoms with Gasteiger partial charge in [0.15, 0.2) is 12.6 Å². The number of carbonyl (C=O) groups excluding carboxylic acids is 1. The number of nitrogens with one attached hydrogen (secondary N) is 2. The number of ether oxygens (including phenoxy) is 1.